The van der Waals surface area contributed by atoms with E-state index in [1.54, 1.807) is 6.92 Å². The van der Waals surface area contributed by atoms with E-state index in [0.717, 1.165) is 0 Å². The lowest BCUT2D eigenvalue weighted by Crippen LogP contribution is -2.48. The van der Waals surface area contributed by atoms with Crippen LogP contribution in [0.4, 0.5) is 5.69 Å². The maximum Gasteiger partial charge on any atom is 0.303 e. The third-order valence-corrected chi connectivity index (χ3v) is 3.63. The molecule has 0 aromatic heterocycles. The minimum absolute atomic E-state index is 0.156. The van der Waals surface area contributed by atoms with Gasteiger partial charge in [-0.15, -0.1) is 0 Å². The Morgan fingerprint density at radius 1 is 1.29 bits per heavy atom. The fraction of sp³-hybridized carbons (Fsp3) is 0.375. The van der Waals surface area contributed by atoms with Gasteiger partial charge < -0.3 is 15.6 Å². The second kappa shape index (κ2) is 7.12. The minimum atomic E-state index is -1.07. The molecule has 3 N–H and O–H groups in total. The molecule has 24 heavy (non-hydrogen) atoms. The van der Waals surface area contributed by atoms with Gasteiger partial charge in [-0.25, -0.2) is 0 Å². The maximum absolute atomic E-state index is 12.4. The molecule has 1 aromatic rings. The summed E-state index contributed by atoms with van der Waals surface area (Å²) in [5, 5.41) is 8.66. The summed E-state index contributed by atoms with van der Waals surface area (Å²) >= 11 is 0. The summed E-state index contributed by atoms with van der Waals surface area (Å²) in [6.07, 6.45) is -0.734. The second-order valence-corrected chi connectivity index (χ2v) is 5.40. The quantitative estimate of drug-likeness (QED) is 0.707. The zero-order valence-electron chi connectivity index (χ0n) is 13.2. The lowest BCUT2D eigenvalue weighted by atomic mass is 10.0. The molecule has 8 heteroatoms. The Kier molecular flexibility index (Phi) is 5.18. The smallest absolute Gasteiger partial charge is 0.303 e. The van der Waals surface area contributed by atoms with Gasteiger partial charge in [0.2, 0.25) is 5.91 Å². The first kappa shape index (κ1) is 17.5. The summed E-state index contributed by atoms with van der Waals surface area (Å²) in [6, 6.07) is 4.46. The molecule has 0 aliphatic carbocycles. The highest BCUT2D eigenvalue weighted by atomic mass is 16.5. The number of hydrogen-bond acceptors (Lipinski definition) is 5. The van der Waals surface area contributed by atoms with Crippen molar-refractivity contribution in [2.75, 3.05) is 11.4 Å². The van der Waals surface area contributed by atoms with E-state index in [2.05, 4.69) is 0 Å². The van der Waals surface area contributed by atoms with Crippen molar-refractivity contribution in [3.8, 4) is 5.75 Å². The van der Waals surface area contributed by atoms with Gasteiger partial charge in [-0.05, 0) is 24.6 Å². The predicted octanol–water partition coefficient (Wildman–Crippen LogP) is 0.723. The fourth-order valence-electron chi connectivity index (χ4n) is 2.44. The molecule has 1 aliphatic rings. The number of Topliss-reactive ketones (excluding diaryl/α,β-unsaturated/α-hetero) is 1. The van der Waals surface area contributed by atoms with E-state index < -0.39 is 23.9 Å². The van der Waals surface area contributed by atoms with Crippen molar-refractivity contribution in [3.05, 3.63) is 23.8 Å². The molecule has 1 heterocycles. The lowest BCUT2D eigenvalue weighted by Gasteiger charge is -2.33. The average molecular weight is 334 g/mol. The van der Waals surface area contributed by atoms with Crippen LogP contribution in [-0.4, -0.2) is 41.3 Å². The van der Waals surface area contributed by atoms with E-state index in [1.165, 1.54) is 23.1 Å². The van der Waals surface area contributed by atoms with E-state index in [9.17, 15) is 19.2 Å². The lowest BCUT2D eigenvalue weighted by molar-refractivity contribution is -0.137. The van der Waals surface area contributed by atoms with Crippen molar-refractivity contribution < 1.29 is 29.0 Å². The number of amides is 2. The molecule has 0 saturated heterocycles. The van der Waals surface area contributed by atoms with Gasteiger partial charge in [0.1, 0.15) is 12.3 Å². The zero-order valence-corrected chi connectivity index (χ0v) is 13.2. The number of aliphatic carboxylic acids is 1. The second-order valence-electron chi connectivity index (χ2n) is 5.40. The van der Waals surface area contributed by atoms with Crippen LogP contribution in [0.25, 0.3) is 0 Å². The number of nitrogens with two attached hydrogens (primary N) is 1. The first-order chi connectivity index (χ1) is 11.3. The van der Waals surface area contributed by atoms with Gasteiger partial charge >= 0.3 is 5.97 Å². The summed E-state index contributed by atoms with van der Waals surface area (Å²) in [7, 11) is 0. The number of carboxylic acid groups (broad SMARTS) is 1. The summed E-state index contributed by atoms with van der Waals surface area (Å²) in [6.45, 7) is 1.46. The van der Waals surface area contributed by atoms with Crippen LogP contribution in [0.1, 0.15) is 36.5 Å². The standard InChI is InChI=1S/C16H18N2O6/c1-2-12-16(23)18(8-14(17)20)10-7-9(3-5-13(10)24-12)11(19)4-6-15(21)22/h3,5,7,12H,2,4,6,8H2,1H3,(H2,17,20)(H,21,22). The highest BCUT2D eigenvalue weighted by Gasteiger charge is 2.34. The number of anilines is 1. The van der Waals surface area contributed by atoms with Crippen molar-refractivity contribution in [1.29, 1.82) is 0 Å². The largest absolute Gasteiger partial charge is 0.481 e. The van der Waals surface area contributed by atoms with Gasteiger partial charge in [0.05, 0.1) is 12.1 Å². The van der Waals surface area contributed by atoms with Crippen molar-refractivity contribution >= 4 is 29.3 Å². The number of benzene rings is 1. The Balaban J connectivity index is 2.35. The molecule has 128 valence electrons. The van der Waals surface area contributed by atoms with Gasteiger partial charge in [0.15, 0.2) is 11.9 Å². The van der Waals surface area contributed by atoms with Gasteiger partial charge in [-0.3, -0.25) is 24.1 Å². The molecule has 1 aliphatic heterocycles. The molecule has 0 radical (unpaired) electrons. The molecule has 0 saturated carbocycles. The van der Waals surface area contributed by atoms with E-state index >= 15 is 0 Å². The van der Waals surface area contributed by atoms with E-state index in [0.29, 0.717) is 12.2 Å². The van der Waals surface area contributed by atoms with Crippen LogP contribution in [0.15, 0.2) is 18.2 Å². The van der Waals surface area contributed by atoms with Crippen LogP contribution in [-0.2, 0) is 14.4 Å². The molecular weight excluding hydrogens is 316 g/mol. The first-order valence-electron chi connectivity index (χ1n) is 7.48. The topological polar surface area (TPSA) is 127 Å². The molecule has 1 aromatic carbocycles. The number of ether oxygens (including phenoxy) is 1. The van der Waals surface area contributed by atoms with Crippen LogP contribution in [0.2, 0.25) is 0 Å². The third-order valence-electron chi connectivity index (χ3n) is 3.63. The van der Waals surface area contributed by atoms with Crippen LogP contribution >= 0.6 is 0 Å². The summed E-state index contributed by atoms with van der Waals surface area (Å²) in [4.78, 5) is 47.5. The number of carbonyl (C=O) groups excluding carboxylic acids is 3. The SMILES string of the molecule is CCC1Oc2ccc(C(=O)CCC(=O)O)cc2N(CC(N)=O)C1=O. The van der Waals surface area contributed by atoms with Crippen molar-refractivity contribution in [3.63, 3.8) is 0 Å². The summed E-state index contributed by atoms with van der Waals surface area (Å²) in [5.41, 5.74) is 5.73. The number of nitrogens with zero attached hydrogens (tertiary/aromatic N) is 1. The van der Waals surface area contributed by atoms with Crippen LogP contribution in [0, 0.1) is 0 Å². The number of ketones is 1. The van der Waals surface area contributed by atoms with Crippen LogP contribution in [0.3, 0.4) is 0 Å². The average Bonchev–Trinajstić information content (AvgIpc) is 2.54. The fourth-order valence-corrected chi connectivity index (χ4v) is 2.44. The van der Waals surface area contributed by atoms with E-state index in [1.807, 2.05) is 0 Å². The van der Waals surface area contributed by atoms with Crippen LogP contribution in [0.5, 0.6) is 5.75 Å². The van der Waals surface area contributed by atoms with Gasteiger partial charge in [-0.2, -0.15) is 0 Å². The van der Waals surface area contributed by atoms with E-state index in [4.69, 9.17) is 15.6 Å². The third kappa shape index (κ3) is 3.70. The van der Waals surface area contributed by atoms with Crippen molar-refractivity contribution in [2.24, 2.45) is 5.73 Å². The number of primary amides is 1. The molecule has 8 nitrogen and oxygen atoms in total. The van der Waals surface area contributed by atoms with Crippen LogP contribution < -0.4 is 15.4 Å². The predicted molar refractivity (Wildman–Crippen MR) is 83.9 cm³/mol. The monoisotopic (exact) mass is 334 g/mol. The molecule has 0 fully saturated rings. The number of carbonyl (C=O) groups is 4. The Morgan fingerprint density at radius 3 is 2.58 bits per heavy atom. The minimum Gasteiger partial charge on any atom is -0.481 e. The number of fused-ring (bicyclic) bond motifs is 1. The number of rotatable bonds is 7. The molecular formula is C16H18N2O6. The first-order valence-corrected chi connectivity index (χ1v) is 7.48. The van der Waals surface area contributed by atoms with Crippen molar-refractivity contribution in [2.45, 2.75) is 32.3 Å². The summed E-state index contributed by atoms with van der Waals surface area (Å²) < 4.78 is 5.59. The molecule has 2 rings (SSSR count). The Labute approximate surface area is 138 Å². The Morgan fingerprint density at radius 2 is 2.00 bits per heavy atom. The number of carboxylic acids is 1. The molecule has 0 bridgehead atoms. The van der Waals surface area contributed by atoms with Gasteiger partial charge in [0, 0.05) is 12.0 Å². The molecule has 2 amide bonds. The molecule has 1 atom stereocenters. The Hall–Kier alpha value is -2.90. The molecule has 1 unspecified atom stereocenters. The zero-order chi connectivity index (χ0) is 17.9. The normalized spacial score (nSPS) is 16.3. The Bertz CT molecular complexity index is 700. The highest BCUT2D eigenvalue weighted by Crippen LogP contribution is 2.35. The number of hydrogen-bond donors (Lipinski definition) is 2. The van der Waals surface area contributed by atoms with Gasteiger partial charge in [0.25, 0.3) is 5.91 Å². The maximum atomic E-state index is 12.4. The summed E-state index contributed by atoms with van der Waals surface area (Å²) in [5.74, 6) is -2.16. The van der Waals surface area contributed by atoms with Crippen molar-refractivity contribution in [1.82, 2.24) is 0 Å². The van der Waals surface area contributed by atoms with E-state index in [-0.39, 0.29) is 36.4 Å². The molecule has 0 spiro atoms. The van der Waals surface area contributed by atoms with Gasteiger partial charge in [-0.1, -0.05) is 6.92 Å². The highest BCUT2D eigenvalue weighted by molar-refractivity contribution is 6.05.